The predicted octanol–water partition coefficient (Wildman–Crippen LogP) is 3.77. The van der Waals surface area contributed by atoms with E-state index in [9.17, 15) is 9.59 Å². The molecule has 0 aliphatic heterocycles. The van der Waals surface area contributed by atoms with Gasteiger partial charge in [0, 0.05) is 34.7 Å². The van der Waals surface area contributed by atoms with Crippen LogP contribution >= 0.6 is 0 Å². The summed E-state index contributed by atoms with van der Waals surface area (Å²) in [6.45, 7) is 0. The zero-order valence-electron chi connectivity index (χ0n) is 17.0. The van der Waals surface area contributed by atoms with E-state index in [-0.39, 0.29) is 23.4 Å². The molecule has 31 heavy (non-hydrogen) atoms. The first-order valence-electron chi connectivity index (χ1n) is 10.6. The van der Waals surface area contributed by atoms with Gasteiger partial charge in [-0.25, -0.2) is 5.10 Å². The standard InChI is InChI=1S/C24H23N5O2/c30-23(17-5-3-4-16(12-17)18-13-25-26-14-18)27-19-10-8-15(9-11-19)22-20-6-1-2-7-21(20)24(31)29-28-22/h1-7,12-15,19H,8-11H2,(H,25,26)(H,27,30)(H,29,31)/t15-,19-. The number of hydrogen-bond donors (Lipinski definition) is 3. The second-order valence-electron chi connectivity index (χ2n) is 8.07. The highest BCUT2D eigenvalue weighted by atomic mass is 16.1. The molecule has 0 spiro atoms. The third kappa shape index (κ3) is 3.86. The lowest BCUT2D eigenvalue weighted by molar-refractivity contribution is 0.0925. The summed E-state index contributed by atoms with van der Waals surface area (Å²) in [7, 11) is 0. The minimum Gasteiger partial charge on any atom is -0.349 e. The molecule has 0 bridgehead atoms. The first kappa shape index (κ1) is 19.2. The van der Waals surface area contributed by atoms with Gasteiger partial charge in [-0.1, -0.05) is 30.3 Å². The van der Waals surface area contributed by atoms with Crippen LogP contribution in [-0.4, -0.2) is 32.3 Å². The molecule has 2 aromatic heterocycles. The van der Waals surface area contributed by atoms with Gasteiger partial charge in [-0.05, 0) is 49.4 Å². The second kappa shape index (κ2) is 8.18. The zero-order chi connectivity index (χ0) is 21.2. The maximum absolute atomic E-state index is 12.8. The number of carbonyl (C=O) groups excluding carboxylic acids is 1. The van der Waals surface area contributed by atoms with E-state index in [1.807, 2.05) is 54.7 Å². The Morgan fingerprint density at radius 1 is 0.968 bits per heavy atom. The summed E-state index contributed by atoms with van der Waals surface area (Å²) in [6.07, 6.45) is 7.16. The Labute approximate surface area is 178 Å². The van der Waals surface area contributed by atoms with E-state index in [2.05, 4.69) is 25.7 Å². The highest BCUT2D eigenvalue weighted by Crippen LogP contribution is 2.34. The molecule has 0 radical (unpaired) electrons. The average molecular weight is 413 g/mol. The van der Waals surface area contributed by atoms with E-state index in [0.717, 1.165) is 47.9 Å². The number of nitrogens with one attached hydrogen (secondary N) is 3. The third-order valence-corrected chi connectivity index (χ3v) is 6.13. The number of carbonyl (C=O) groups is 1. The summed E-state index contributed by atoms with van der Waals surface area (Å²) in [5, 5.41) is 18.6. The fourth-order valence-corrected chi connectivity index (χ4v) is 4.48. The van der Waals surface area contributed by atoms with E-state index in [0.29, 0.717) is 10.9 Å². The number of H-pyrrole nitrogens is 2. The number of nitrogens with zero attached hydrogens (tertiary/aromatic N) is 2. The molecule has 5 rings (SSSR count). The molecular formula is C24H23N5O2. The lowest BCUT2D eigenvalue weighted by Gasteiger charge is -2.29. The number of hydrogen-bond acceptors (Lipinski definition) is 4. The van der Waals surface area contributed by atoms with Crippen molar-refractivity contribution in [1.82, 2.24) is 25.7 Å². The van der Waals surface area contributed by atoms with Crippen molar-refractivity contribution in [2.45, 2.75) is 37.6 Å². The highest BCUT2D eigenvalue weighted by Gasteiger charge is 2.26. The minimum atomic E-state index is -0.155. The van der Waals surface area contributed by atoms with Crippen LogP contribution < -0.4 is 10.9 Å². The monoisotopic (exact) mass is 413 g/mol. The molecule has 1 aliphatic carbocycles. The number of amides is 1. The number of rotatable bonds is 4. The summed E-state index contributed by atoms with van der Waals surface area (Å²) in [4.78, 5) is 24.9. The van der Waals surface area contributed by atoms with Gasteiger partial charge in [0.15, 0.2) is 0 Å². The molecule has 3 N–H and O–H groups in total. The maximum atomic E-state index is 12.8. The lowest BCUT2D eigenvalue weighted by atomic mass is 9.82. The van der Waals surface area contributed by atoms with Gasteiger partial charge in [-0.3, -0.25) is 14.7 Å². The summed E-state index contributed by atoms with van der Waals surface area (Å²) in [6, 6.07) is 15.3. The molecule has 0 saturated heterocycles. The van der Waals surface area contributed by atoms with E-state index in [4.69, 9.17) is 0 Å². The van der Waals surface area contributed by atoms with Crippen LogP contribution in [0.2, 0.25) is 0 Å². The number of benzene rings is 2. The second-order valence-corrected chi connectivity index (χ2v) is 8.07. The predicted molar refractivity (Wildman–Crippen MR) is 119 cm³/mol. The van der Waals surface area contributed by atoms with Gasteiger partial charge in [0.2, 0.25) is 0 Å². The number of aromatic amines is 2. The van der Waals surface area contributed by atoms with E-state index < -0.39 is 0 Å². The average Bonchev–Trinajstić information content (AvgIpc) is 3.36. The topological polar surface area (TPSA) is 104 Å². The van der Waals surface area contributed by atoms with Crippen LogP contribution in [0.4, 0.5) is 0 Å². The van der Waals surface area contributed by atoms with Crippen molar-refractivity contribution < 1.29 is 4.79 Å². The SMILES string of the molecule is O=C(N[C@H]1CC[C@H](c2n[nH]c(=O)c3ccccc32)CC1)c1cccc(-c2cn[nH]c2)c1. The normalized spacial score (nSPS) is 18.7. The minimum absolute atomic E-state index is 0.0542. The van der Waals surface area contributed by atoms with E-state index in [1.165, 1.54) is 0 Å². The van der Waals surface area contributed by atoms with Crippen molar-refractivity contribution in [3.63, 3.8) is 0 Å². The van der Waals surface area contributed by atoms with Crippen LogP contribution in [0.1, 0.15) is 47.7 Å². The van der Waals surface area contributed by atoms with Gasteiger partial charge in [0.1, 0.15) is 0 Å². The first-order valence-corrected chi connectivity index (χ1v) is 10.6. The molecule has 1 aliphatic rings. The molecule has 156 valence electrons. The van der Waals surface area contributed by atoms with Gasteiger partial charge >= 0.3 is 0 Å². The molecule has 1 fully saturated rings. The quantitative estimate of drug-likeness (QED) is 0.474. The smallest absolute Gasteiger partial charge is 0.272 e. The Bertz CT molecular complexity index is 1270. The number of fused-ring (bicyclic) bond motifs is 1. The molecule has 0 unspecified atom stereocenters. The van der Waals surface area contributed by atoms with Gasteiger partial charge in [0.05, 0.1) is 17.3 Å². The van der Waals surface area contributed by atoms with Crippen molar-refractivity contribution in [3.8, 4) is 11.1 Å². The molecule has 1 amide bonds. The van der Waals surface area contributed by atoms with Gasteiger partial charge in [-0.15, -0.1) is 0 Å². The van der Waals surface area contributed by atoms with Crippen LogP contribution in [0, 0.1) is 0 Å². The summed E-state index contributed by atoms with van der Waals surface area (Å²) < 4.78 is 0. The number of aromatic nitrogens is 4. The zero-order valence-corrected chi connectivity index (χ0v) is 17.0. The van der Waals surface area contributed by atoms with Gasteiger partial charge in [-0.2, -0.15) is 10.2 Å². The molecule has 2 heterocycles. The summed E-state index contributed by atoms with van der Waals surface area (Å²) >= 11 is 0. The fraction of sp³-hybridized carbons (Fsp3) is 0.250. The van der Waals surface area contributed by atoms with Crippen molar-refractivity contribution >= 4 is 16.7 Å². The molecular weight excluding hydrogens is 390 g/mol. The molecule has 0 atom stereocenters. The Hall–Kier alpha value is -3.74. The molecule has 4 aromatic rings. The van der Waals surface area contributed by atoms with Crippen LogP contribution in [0.3, 0.4) is 0 Å². The van der Waals surface area contributed by atoms with Crippen molar-refractivity contribution in [3.05, 3.63) is 82.5 Å². The van der Waals surface area contributed by atoms with E-state index >= 15 is 0 Å². The van der Waals surface area contributed by atoms with Gasteiger partial charge < -0.3 is 5.32 Å². The fourth-order valence-electron chi connectivity index (χ4n) is 4.48. The van der Waals surface area contributed by atoms with E-state index in [1.54, 1.807) is 6.20 Å². The molecule has 7 heteroatoms. The molecule has 2 aromatic carbocycles. The largest absolute Gasteiger partial charge is 0.349 e. The third-order valence-electron chi connectivity index (χ3n) is 6.13. The Kier molecular flexibility index (Phi) is 5.08. The van der Waals surface area contributed by atoms with Gasteiger partial charge in [0.25, 0.3) is 11.5 Å². The van der Waals surface area contributed by atoms with Crippen molar-refractivity contribution in [1.29, 1.82) is 0 Å². The van der Waals surface area contributed by atoms with Crippen LogP contribution in [0.15, 0.2) is 65.7 Å². The van der Waals surface area contributed by atoms with Crippen molar-refractivity contribution in [2.75, 3.05) is 0 Å². The van der Waals surface area contributed by atoms with Crippen LogP contribution in [0.25, 0.3) is 21.9 Å². The van der Waals surface area contributed by atoms with Crippen molar-refractivity contribution in [2.24, 2.45) is 0 Å². The Balaban J connectivity index is 1.26. The van der Waals surface area contributed by atoms with Crippen LogP contribution in [-0.2, 0) is 0 Å². The van der Waals surface area contributed by atoms with Crippen LogP contribution in [0.5, 0.6) is 0 Å². The summed E-state index contributed by atoms with van der Waals surface area (Å²) in [5.41, 5.74) is 3.36. The summed E-state index contributed by atoms with van der Waals surface area (Å²) in [5.74, 6) is 0.223. The Morgan fingerprint density at radius 3 is 2.55 bits per heavy atom. The maximum Gasteiger partial charge on any atom is 0.272 e. The molecule has 7 nitrogen and oxygen atoms in total. The Morgan fingerprint density at radius 2 is 1.77 bits per heavy atom. The first-order chi connectivity index (χ1) is 15.2. The lowest BCUT2D eigenvalue weighted by Crippen LogP contribution is -2.37. The molecule has 1 saturated carbocycles. The highest BCUT2D eigenvalue weighted by molar-refractivity contribution is 5.95.